The summed E-state index contributed by atoms with van der Waals surface area (Å²) >= 11 is 0. The molecule has 1 aromatic heterocycles. The van der Waals surface area contributed by atoms with Crippen LogP contribution in [0.25, 0.3) is 0 Å². The van der Waals surface area contributed by atoms with Gasteiger partial charge in [0.15, 0.2) is 0 Å². The van der Waals surface area contributed by atoms with E-state index in [2.05, 4.69) is 0 Å². The van der Waals surface area contributed by atoms with Crippen molar-refractivity contribution in [3.8, 4) is 5.88 Å². The molecule has 0 aromatic carbocycles. The van der Waals surface area contributed by atoms with Crippen LogP contribution in [0.4, 0.5) is 0 Å². The predicted octanol–water partition coefficient (Wildman–Crippen LogP) is -1.40. The van der Waals surface area contributed by atoms with Crippen molar-refractivity contribution >= 4 is 0 Å². The maximum atomic E-state index is 10.3. The van der Waals surface area contributed by atoms with E-state index in [1.54, 1.807) is 0 Å². The number of hydrogen-bond acceptors (Lipinski definition) is 3. The summed E-state index contributed by atoms with van der Waals surface area (Å²) in [6, 6.07) is 0. The first-order chi connectivity index (χ1) is 3.70. The van der Waals surface area contributed by atoms with Crippen molar-refractivity contribution in [2.45, 2.75) is 0 Å². The molecule has 0 atom stereocenters. The fraction of sp³-hybridized carbons (Fsp3) is 0. The number of aromatic amines is 1. The van der Waals surface area contributed by atoms with Gasteiger partial charge in [-0.15, -0.1) is 0 Å². The molecule has 5 nitrogen and oxygen atoms in total. The van der Waals surface area contributed by atoms with Crippen molar-refractivity contribution in [3.05, 3.63) is 16.7 Å². The Bertz CT molecular complexity index is 235. The molecule has 0 saturated heterocycles. The molecule has 0 fully saturated rings. The SMILES string of the molecule is Nn1cc(O)[nH]c1=O. The molecule has 1 rings (SSSR count). The highest BCUT2D eigenvalue weighted by molar-refractivity contribution is 5.00. The summed E-state index contributed by atoms with van der Waals surface area (Å²) in [5, 5.41) is 8.48. The molecule has 8 heavy (non-hydrogen) atoms. The second kappa shape index (κ2) is 1.29. The molecular weight excluding hydrogens is 110 g/mol. The van der Waals surface area contributed by atoms with Crippen LogP contribution in [0.2, 0.25) is 0 Å². The van der Waals surface area contributed by atoms with Crippen molar-refractivity contribution in [3.63, 3.8) is 0 Å². The van der Waals surface area contributed by atoms with Crippen LogP contribution in [0, 0.1) is 0 Å². The van der Waals surface area contributed by atoms with Gasteiger partial charge in [0.2, 0.25) is 5.88 Å². The van der Waals surface area contributed by atoms with Crippen LogP contribution in [0.5, 0.6) is 5.88 Å². The van der Waals surface area contributed by atoms with Crippen molar-refractivity contribution in [2.75, 3.05) is 5.84 Å². The number of hydrogen-bond donors (Lipinski definition) is 3. The smallest absolute Gasteiger partial charge is 0.346 e. The topological polar surface area (TPSA) is 84.0 Å². The minimum Gasteiger partial charge on any atom is -0.493 e. The maximum absolute atomic E-state index is 10.3. The number of nitrogens with two attached hydrogens (primary N) is 1. The molecule has 44 valence electrons. The fourth-order valence-corrected chi connectivity index (χ4v) is 0.397. The normalized spacial score (nSPS) is 9.50. The lowest BCUT2D eigenvalue weighted by Crippen LogP contribution is -2.22. The van der Waals surface area contributed by atoms with Crippen LogP contribution >= 0.6 is 0 Å². The lowest BCUT2D eigenvalue weighted by Gasteiger charge is -1.78. The zero-order valence-electron chi connectivity index (χ0n) is 3.96. The predicted molar refractivity (Wildman–Crippen MR) is 26.9 cm³/mol. The molecule has 0 saturated carbocycles. The van der Waals surface area contributed by atoms with E-state index in [0.717, 1.165) is 10.9 Å². The van der Waals surface area contributed by atoms with Gasteiger partial charge in [0.05, 0.1) is 6.20 Å². The summed E-state index contributed by atoms with van der Waals surface area (Å²) in [5.74, 6) is 4.73. The summed E-state index contributed by atoms with van der Waals surface area (Å²) in [5.41, 5.74) is -0.525. The van der Waals surface area contributed by atoms with Crippen molar-refractivity contribution in [1.82, 2.24) is 9.66 Å². The highest BCUT2D eigenvalue weighted by Crippen LogP contribution is 1.92. The van der Waals surface area contributed by atoms with Crippen molar-refractivity contribution in [1.29, 1.82) is 0 Å². The first-order valence-corrected chi connectivity index (χ1v) is 1.96. The van der Waals surface area contributed by atoms with Gasteiger partial charge in [-0.25, -0.2) is 9.47 Å². The number of nitrogen functional groups attached to an aromatic ring is 1. The number of nitrogens with one attached hydrogen (secondary N) is 1. The number of nitrogens with zero attached hydrogens (tertiary/aromatic N) is 1. The molecule has 5 heteroatoms. The van der Waals surface area contributed by atoms with Gasteiger partial charge in [-0.05, 0) is 0 Å². The Balaban J connectivity index is 3.35. The zero-order valence-corrected chi connectivity index (χ0v) is 3.96. The van der Waals surface area contributed by atoms with Gasteiger partial charge >= 0.3 is 5.69 Å². The number of aromatic nitrogens is 2. The molecule has 0 aliphatic heterocycles. The van der Waals surface area contributed by atoms with E-state index in [4.69, 9.17) is 10.9 Å². The van der Waals surface area contributed by atoms with Gasteiger partial charge in [-0.3, -0.25) is 4.98 Å². The third-order valence-corrected chi connectivity index (χ3v) is 0.731. The number of aromatic hydroxyl groups is 1. The monoisotopic (exact) mass is 115 g/mol. The number of rotatable bonds is 0. The second-order valence-electron chi connectivity index (χ2n) is 1.35. The minimum atomic E-state index is -0.525. The highest BCUT2D eigenvalue weighted by atomic mass is 16.3. The molecule has 4 N–H and O–H groups in total. The average molecular weight is 115 g/mol. The van der Waals surface area contributed by atoms with Gasteiger partial charge in [0.1, 0.15) is 0 Å². The fourth-order valence-electron chi connectivity index (χ4n) is 0.397. The molecule has 0 bridgehead atoms. The first kappa shape index (κ1) is 4.76. The molecule has 0 amide bonds. The van der Waals surface area contributed by atoms with Crippen LogP contribution in [0.15, 0.2) is 11.0 Å². The van der Waals surface area contributed by atoms with Crippen LogP contribution in [0.1, 0.15) is 0 Å². The summed E-state index contributed by atoms with van der Waals surface area (Å²) in [7, 11) is 0. The molecule has 0 spiro atoms. The van der Waals surface area contributed by atoms with Crippen LogP contribution in [0.3, 0.4) is 0 Å². The molecular formula is C3H5N3O2. The van der Waals surface area contributed by atoms with Crippen LogP contribution in [-0.4, -0.2) is 14.8 Å². The van der Waals surface area contributed by atoms with Crippen LogP contribution in [-0.2, 0) is 0 Å². The Morgan fingerprint density at radius 1 is 1.88 bits per heavy atom. The molecule has 0 unspecified atom stereocenters. The van der Waals surface area contributed by atoms with Gasteiger partial charge in [-0.1, -0.05) is 0 Å². The van der Waals surface area contributed by atoms with Gasteiger partial charge < -0.3 is 10.9 Å². The summed E-state index contributed by atoms with van der Waals surface area (Å²) in [6.07, 6.45) is 1.09. The number of imidazole rings is 1. The van der Waals surface area contributed by atoms with Gasteiger partial charge in [-0.2, -0.15) is 0 Å². The van der Waals surface area contributed by atoms with E-state index in [-0.39, 0.29) is 5.88 Å². The first-order valence-electron chi connectivity index (χ1n) is 1.96. The molecule has 0 radical (unpaired) electrons. The Morgan fingerprint density at radius 3 is 2.62 bits per heavy atom. The Labute approximate surface area is 44.3 Å². The molecule has 0 aliphatic carbocycles. The molecule has 1 heterocycles. The van der Waals surface area contributed by atoms with Crippen molar-refractivity contribution in [2.24, 2.45) is 0 Å². The van der Waals surface area contributed by atoms with E-state index in [1.807, 2.05) is 4.98 Å². The van der Waals surface area contributed by atoms with Crippen LogP contribution < -0.4 is 11.5 Å². The molecule has 1 aromatic rings. The lowest BCUT2D eigenvalue weighted by molar-refractivity contribution is 0.455. The van der Waals surface area contributed by atoms with E-state index in [9.17, 15) is 4.79 Å². The second-order valence-corrected chi connectivity index (χ2v) is 1.35. The average Bonchev–Trinajstić information content (AvgIpc) is 1.85. The van der Waals surface area contributed by atoms with Crippen molar-refractivity contribution < 1.29 is 5.11 Å². The standard InChI is InChI=1S/C3H5N3O2/c4-6-1-2(7)5-3(6)8/h1,7H,4H2,(H,5,8). The van der Waals surface area contributed by atoms with E-state index < -0.39 is 5.69 Å². The maximum Gasteiger partial charge on any atom is 0.346 e. The highest BCUT2D eigenvalue weighted by Gasteiger charge is 1.92. The zero-order chi connectivity index (χ0) is 6.15. The lowest BCUT2D eigenvalue weighted by atomic mass is 10.9. The third-order valence-electron chi connectivity index (χ3n) is 0.731. The number of H-pyrrole nitrogens is 1. The Morgan fingerprint density at radius 2 is 2.50 bits per heavy atom. The quantitative estimate of drug-likeness (QED) is 0.363. The van der Waals surface area contributed by atoms with E-state index >= 15 is 0 Å². The van der Waals surface area contributed by atoms with E-state index in [1.165, 1.54) is 0 Å². The summed E-state index contributed by atoms with van der Waals surface area (Å²) in [4.78, 5) is 12.3. The Kier molecular flexibility index (Phi) is 0.768. The largest absolute Gasteiger partial charge is 0.493 e. The van der Waals surface area contributed by atoms with E-state index in [0.29, 0.717) is 0 Å². The minimum absolute atomic E-state index is 0.225. The molecule has 0 aliphatic rings. The Hall–Kier alpha value is -1.39. The summed E-state index contributed by atoms with van der Waals surface area (Å²) < 4.78 is 0.759. The third kappa shape index (κ3) is 0.534. The van der Waals surface area contributed by atoms with Gasteiger partial charge in [0.25, 0.3) is 0 Å². The van der Waals surface area contributed by atoms with Gasteiger partial charge in [0, 0.05) is 0 Å². The summed E-state index contributed by atoms with van der Waals surface area (Å²) in [6.45, 7) is 0.